The molecule has 0 atom stereocenters. The van der Waals surface area contributed by atoms with Crippen LogP contribution in [0.2, 0.25) is 0 Å². The molecule has 0 aromatic heterocycles. The lowest BCUT2D eigenvalue weighted by atomic mass is 10.1. The Balaban J connectivity index is 1.98. The van der Waals surface area contributed by atoms with Crippen LogP contribution in [-0.2, 0) is 14.8 Å². The van der Waals surface area contributed by atoms with Crippen molar-refractivity contribution in [2.45, 2.75) is 25.7 Å². The number of nitrogens with one attached hydrogen (secondary N) is 2. The van der Waals surface area contributed by atoms with Gasteiger partial charge in [0.2, 0.25) is 15.9 Å². The molecule has 2 rings (SSSR count). The maximum absolute atomic E-state index is 12.1. The molecule has 0 aliphatic carbocycles. The van der Waals surface area contributed by atoms with E-state index in [1.807, 2.05) is 32.9 Å². The van der Waals surface area contributed by atoms with Gasteiger partial charge in [-0.05, 0) is 56.2 Å². The summed E-state index contributed by atoms with van der Waals surface area (Å²) in [6.07, 6.45) is 0. The summed E-state index contributed by atoms with van der Waals surface area (Å²) < 4.78 is 26.5. The first-order chi connectivity index (χ1) is 10.8. The van der Waals surface area contributed by atoms with Crippen LogP contribution >= 0.6 is 0 Å². The van der Waals surface area contributed by atoms with Crippen LogP contribution in [0.1, 0.15) is 16.7 Å². The molecule has 0 saturated carbocycles. The Labute approximate surface area is 136 Å². The van der Waals surface area contributed by atoms with Crippen molar-refractivity contribution in [3.8, 4) is 0 Å². The third-order valence-corrected chi connectivity index (χ3v) is 4.96. The number of sulfonamides is 1. The molecule has 0 unspecified atom stereocenters. The van der Waals surface area contributed by atoms with Crippen LogP contribution in [0.25, 0.3) is 0 Å². The molecular formula is C17H20N2O3S. The van der Waals surface area contributed by atoms with E-state index in [2.05, 4.69) is 10.0 Å². The molecule has 6 heteroatoms. The molecule has 0 radical (unpaired) electrons. The lowest BCUT2D eigenvalue weighted by Gasteiger charge is -2.09. The first-order valence-electron chi connectivity index (χ1n) is 7.21. The maximum Gasteiger partial charge on any atom is 0.241 e. The lowest BCUT2D eigenvalue weighted by molar-refractivity contribution is -0.115. The number of rotatable bonds is 5. The van der Waals surface area contributed by atoms with Gasteiger partial charge in [0, 0.05) is 5.69 Å². The first-order valence-corrected chi connectivity index (χ1v) is 8.70. The van der Waals surface area contributed by atoms with E-state index in [0.29, 0.717) is 5.69 Å². The molecule has 1 amide bonds. The second-order valence-corrected chi connectivity index (χ2v) is 7.25. The van der Waals surface area contributed by atoms with Gasteiger partial charge in [-0.3, -0.25) is 4.79 Å². The summed E-state index contributed by atoms with van der Waals surface area (Å²) in [5.41, 5.74) is 3.80. The molecule has 0 bridgehead atoms. The van der Waals surface area contributed by atoms with Gasteiger partial charge in [0.25, 0.3) is 0 Å². The Morgan fingerprint density at radius 3 is 2.22 bits per heavy atom. The molecule has 0 aliphatic rings. The van der Waals surface area contributed by atoms with Gasteiger partial charge in [0.05, 0.1) is 11.4 Å². The zero-order chi connectivity index (χ0) is 17.0. The number of aryl methyl sites for hydroxylation is 3. The van der Waals surface area contributed by atoms with Gasteiger partial charge in [0.1, 0.15) is 0 Å². The van der Waals surface area contributed by atoms with Crippen molar-refractivity contribution in [1.29, 1.82) is 0 Å². The molecule has 2 N–H and O–H groups in total. The first kappa shape index (κ1) is 17.2. The van der Waals surface area contributed by atoms with Gasteiger partial charge in [-0.1, -0.05) is 23.8 Å². The molecule has 0 saturated heterocycles. The molecule has 2 aromatic carbocycles. The van der Waals surface area contributed by atoms with E-state index in [4.69, 9.17) is 0 Å². The van der Waals surface area contributed by atoms with E-state index in [1.54, 1.807) is 18.2 Å². The molecule has 5 nitrogen and oxygen atoms in total. The van der Waals surface area contributed by atoms with E-state index in [-0.39, 0.29) is 11.4 Å². The molecule has 0 fully saturated rings. The molecule has 0 heterocycles. The van der Waals surface area contributed by atoms with E-state index in [9.17, 15) is 13.2 Å². The average molecular weight is 332 g/mol. The van der Waals surface area contributed by atoms with E-state index < -0.39 is 15.9 Å². The minimum absolute atomic E-state index is 0.141. The number of benzene rings is 2. The topological polar surface area (TPSA) is 75.3 Å². The Morgan fingerprint density at radius 2 is 1.61 bits per heavy atom. The van der Waals surface area contributed by atoms with Crippen LogP contribution in [0, 0.1) is 20.8 Å². The Hall–Kier alpha value is -2.18. The largest absolute Gasteiger partial charge is 0.325 e. The Morgan fingerprint density at radius 1 is 0.957 bits per heavy atom. The smallest absolute Gasteiger partial charge is 0.241 e. The predicted molar refractivity (Wildman–Crippen MR) is 90.9 cm³/mol. The molecule has 0 aliphatic heterocycles. The molecular weight excluding hydrogens is 312 g/mol. The third-order valence-electron chi connectivity index (χ3n) is 3.54. The second-order valence-electron chi connectivity index (χ2n) is 5.48. The fraction of sp³-hybridized carbons (Fsp3) is 0.235. The summed E-state index contributed by atoms with van der Waals surface area (Å²) in [6.45, 7) is 5.49. The van der Waals surface area contributed by atoms with Gasteiger partial charge >= 0.3 is 0 Å². The van der Waals surface area contributed by atoms with Crippen LogP contribution in [0.4, 0.5) is 5.69 Å². The normalized spacial score (nSPS) is 11.3. The van der Waals surface area contributed by atoms with Gasteiger partial charge in [-0.2, -0.15) is 0 Å². The van der Waals surface area contributed by atoms with Crippen molar-refractivity contribution >= 4 is 21.6 Å². The van der Waals surface area contributed by atoms with E-state index in [1.165, 1.54) is 12.1 Å². The van der Waals surface area contributed by atoms with Gasteiger partial charge < -0.3 is 5.32 Å². The number of carbonyl (C=O) groups is 1. The molecule has 0 spiro atoms. The van der Waals surface area contributed by atoms with Gasteiger partial charge in [-0.25, -0.2) is 13.1 Å². The fourth-order valence-corrected chi connectivity index (χ4v) is 2.97. The summed E-state index contributed by atoms with van der Waals surface area (Å²) in [5.74, 6) is -0.413. The molecule has 122 valence electrons. The summed E-state index contributed by atoms with van der Waals surface area (Å²) in [5, 5.41) is 2.68. The summed E-state index contributed by atoms with van der Waals surface area (Å²) in [7, 11) is -3.69. The highest BCUT2D eigenvalue weighted by molar-refractivity contribution is 7.89. The zero-order valence-corrected chi connectivity index (χ0v) is 14.2. The molecule has 2 aromatic rings. The average Bonchev–Trinajstić information content (AvgIpc) is 2.50. The predicted octanol–water partition coefficient (Wildman–Crippen LogP) is 2.53. The quantitative estimate of drug-likeness (QED) is 0.883. The Kier molecular flexibility index (Phi) is 5.18. The number of carbonyl (C=O) groups excluding carboxylic acids is 1. The van der Waals surface area contributed by atoms with Crippen molar-refractivity contribution in [1.82, 2.24) is 4.72 Å². The maximum atomic E-state index is 12.1. The number of amides is 1. The van der Waals surface area contributed by atoms with E-state index in [0.717, 1.165) is 16.7 Å². The van der Waals surface area contributed by atoms with Crippen molar-refractivity contribution in [2.75, 3.05) is 11.9 Å². The lowest BCUT2D eigenvalue weighted by Crippen LogP contribution is -2.32. The number of hydrogen-bond acceptors (Lipinski definition) is 3. The Bertz CT molecular complexity index is 812. The SMILES string of the molecule is Cc1ccc(S(=O)(=O)NCC(=O)Nc2ccc(C)c(C)c2)cc1. The number of anilines is 1. The fourth-order valence-electron chi connectivity index (χ4n) is 1.99. The zero-order valence-electron chi connectivity index (χ0n) is 13.4. The van der Waals surface area contributed by atoms with Crippen LogP contribution in [-0.4, -0.2) is 20.9 Å². The highest BCUT2D eigenvalue weighted by Gasteiger charge is 2.15. The summed E-state index contributed by atoms with van der Waals surface area (Å²) in [4.78, 5) is 12.0. The third kappa shape index (κ3) is 4.64. The molecule has 23 heavy (non-hydrogen) atoms. The van der Waals surface area contributed by atoms with Crippen molar-refractivity contribution in [3.63, 3.8) is 0 Å². The minimum atomic E-state index is -3.69. The van der Waals surface area contributed by atoms with Crippen LogP contribution in [0.5, 0.6) is 0 Å². The monoisotopic (exact) mass is 332 g/mol. The van der Waals surface area contributed by atoms with Crippen molar-refractivity contribution in [3.05, 3.63) is 59.2 Å². The van der Waals surface area contributed by atoms with Crippen LogP contribution < -0.4 is 10.0 Å². The van der Waals surface area contributed by atoms with Crippen molar-refractivity contribution in [2.24, 2.45) is 0 Å². The van der Waals surface area contributed by atoms with Crippen LogP contribution in [0.3, 0.4) is 0 Å². The van der Waals surface area contributed by atoms with Crippen molar-refractivity contribution < 1.29 is 13.2 Å². The minimum Gasteiger partial charge on any atom is -0.325 e. The number of hydrogen-bond donors (Lipinski definition) is 2. The van der Waals surface area contributed by atoms with Gasteiger partial charge in [-0.15, -0.1) is 0 Å². The summed E-state index contributed by atoms with van der Waals surface area (Å²) >= 11 is 0. The standard InChI is InChI=1S/C17H20N2O3S/c1-12-4-8-16(9-5-12)23(21,22)18-11-17(20)19-15-7-6-13(2)14(3)10-15/h4-10,18H,11H2,1-3H3,(H,19,20). The van der Waals surface area contributed by atoms with Gasteiger partial charge in [0.15, 0.2) is 0 Å². The second kappa shape index (κ2) is 6.93. The van der Waals surface area contributed by atoms with Crippen LogP contribution in [0.15, 0.2) is 47.4 Å². The highest BCUT2D eigenvalue weighted by Crippen LogP contribution is 2.14. The highest BCUT2D eigenvalue weighted by atomic mass is 32.2. The summed E-state index contributed by atoms with van der Waals surface area (Å²) in [6, 6.07) is 12.0. The van der Waals surface area contributed by atoms with E-state index >= 15 is 0 Å².